The topological polar surface area (TPSA) is 82.4 Å². The minimum absolute atomic E-state index is 0.174. The van der Waals surface area contributed by atoms with Gasteiger partial charge in [0.2, 0.25) is 5.91 Å². The Bertz CT molecular complexity index is 707. The zero-order valence-corrected chi connectivity index (χ0v) is 13.3. The summed E-state index contributed by atoms with van der Waals surface area (Å²) in [5.41, 5.74) is -1.65. The number of amides is 1. The number of nitriles is 1. The largest absolute Gasteiger partial charge is 0.573 e. The Balaban J connectivity index is 2.06. The molecule has 0 aliphatic heterocycles. The Morgan fingerprint density at radius 3 is 2.58 bits per heavy atom. The maximum atomic E-state index is 12.9. The summed E-state index contributed by atoms with van der Waals surface area (Å²) < 4.78 is 66.4. The molecular formula is C16H15F5N2O3. The minimum Gasteiger partial charge on any atom is -0.406 e. The minimum atomic E-state index is -4.90. The summed E-state index contributed by atoms with van der Waals surface area (Å²) in [5, 5.41) is 21.1. The van der Waals surface area contributed by atoms with Gasteiger partial charge in [-0.25, -0.2) is 8.78 Å². The fourth-order valence-electron chi connectivity index (χ4n) is 2.85. The molecule has 1 aliphatic carbocycles. The van der Waals surface area contributed by atoms with E-state index < -0.39 is 54.8 Å². The molecule has 2 N–H and O–H groups in total. The van der Waals surface area contributed by atoms with Crippen molar-refractivity contribution in [2.75, 3.05) is 0 Å². The molecule has 0 saturated heterocycles. The molecule has 1 amide bonds. The molecule has 1 aliphatic rings. The molecule has 0 heterocycles. The number of ether oxygens (including phenoxy) is 1. The number of nitrogens with one attached hydrogen (secondary N) is 1. The number of aliphatic hydroxyl groups is 1. The number of rotatable bonds is 6. The molecule has 0 bridgehead atoms. The molecule has 1 aromatic rings. The van der Waals surface area contributed by atoms with Crippen molar-refractivity contribution in [3.05, 3.63) is 29.8 Å². The maximum absolute atomic E-state index is 12.9. The number of carbonyl (C=O) groups is 1. The van der Waals surface area contributed by atoms with Crippen molar-refractivity contribution >= 4 is 5.91 Å². The van der Waals surface area contributed by atoms with Crippen LogP contribution in [-0.4, -0.2) is 28.9 Å². The van der Waals surface area contributed by atoms with E-state index in [0.29, 0.717) is 0 Å². The number of halogens is 5. The highest BCUT2D eigenvalue weighted by Crippen LogP contribution is 2.47. The summed E-state index contributed by atoms with van der Waals surface area (Å²) in [7, 11) is 0. The van der Waals surface area contributed by atoms with Crippen molar-refractivity contribution in [1.29, 1.82) is 5.26 Å². The molecule has 5 nitrogen and oxygen atoms in total. The molecule has 10 heteroatoms. The van der Waals surface area contributed by atoms with Crippen LogP contribution in [0.2, 0.25) is 0 Å². The first kappa shape index (κ1) is 19.9. The lowest BCUT2D eigenvalue weighted by Gasteiger charge is -2.42. The summed E-state index contributed by atoms with van der Waals surface area (Å²) in [4.78, 5) is 12.0. The van der Waals surface area contributed by atoms with Crippen LogP contribution in [0.25, 0.3) is 0 Å². The zero-order chi connectivity index (χ0) is 19.6. The number of nitrogens with zero attached hydrogens (tertiary/aromatic N) is 1. The first-order valence-electron chi connectivity index (χ1n) is 7.54. The fourth-order valence-corrected chi connectivity index (χ4v) is 2.85. The predicted octanol–water partition coefficient (Wildman–Crippen LogP) is 3.21. The van der Waals surface area contributed by atoms with Gasteiger partial charge in [-0.15, -0.1) is 13.2 Å². The van der Waals surface area contributed by atoms with Crippen LogP contribution in [-0.2, 0) is 4.79 Å². The van der Waals surface area contributed by atoms with E-state index in [0.717, 1.165) is 12.1 Å². The van der Waals surface area contributed by atoms with E-state index >= 15 is 0 Å². The lowest BCUT2D eigenvalue weighted by Crippen LogP contribution is -2.54. The van der Waals surface area contributed by atoms with Crippen molar-refractivity contribution in [3.63, 3.8) is 0 Å². The van der Waals surface area contributed by atoms with Crippen LogP contribution in [0, 0.1) is 11.3 Å². The highest BCUT2D eigenvalue weighted by atomic mass is 19.4. The number of benzene rings is 1. The van der Waals surface area contributed by atoms with Crippen LogP contribution < -0.4 is 10.1 Å². The molecular weight excluding hydrogens is 363 g/mol. The highest BCUT2D eigenvalue weighted by Gasteiger charge is 2.56. The predicted molar refractivity (Wildman–Crippen MR) is 78.0 cm³/mol. The Morgan fingerprint density at radius 1 is 1.38 bits per heavy atom. The second-order valence-corrected chi connectivity index (χ2v) is 6.21. The monoisotopic (exact) mass is 378 g/mol. The number of alkyl halides is 5. The fraction of sp³-hybridized carbons (Fsp3) is 0.500. The standard InChI is InChI=1S/C16H15F5N2O3/c17-15(18)8-14(25,9-15)7-13(24)23-12(4-5-22)10-2-1-3-11(6-10)26-16(19,20)21/h1-3,6,12,25H,4,7-9H2,(H,23,24)/t12-/m0/s1. The van der Waals surface area contributed by atoms with Gasteiger partial charge in [-0.2, -0.15) is 5.26 Å². The van der Waals surface area contributed by atoms with Crippen LogP contribution >= 0.6 is 0 Å². The molecule has 1 aromatic carbocycles. The van der Waals surface area contributed by atoms with Gasteiger partial charge in [0.05, 0.1) is 30.6 Å². The summed E-state index contributed by atoms with van der Waals surface area (Å²) in [5.74, 6) is -4.33. The van der Waals surface area contributed by atoms with Crippen LogP contribution in [0.1, 0.15) is 37.3 Å². The van der Waals surface area contributed by atoms with Crippen LogP contribution in [0.5, 0.6) is 5.75 Å². The average molecular weight is 378 g/mol. The van der Waals surface area contributed by atoms with Crippen molar-refractivity contribution in [2.45, 2.75) is 49.6 Å². The van der Waals surface area contributed by atoms with Gasteiger partial charge in [-0.05, 0) is 17.7 Å². The zero-order valence-electron chi connectivity index (χ0n) is 13.3. The SMILES string of the molecule is N#CC[C@H](NC(=O)CC1(O)CC(F)(F)C1)c1cccc(OC(F)(F)F)c1. The quantitative estimate of drug-likeness (QED) is 0.745. The Labute approximate surface area is 145 Å². The lowest BCUT2D eigenvalue weighted by molar-refractivity contribution is -0.274. The van der Waals surface area contributed by atoms with Crippen LogP contribution in [0.3, 0.4) is 0 Å². The molecule has 0 aromatic heterocycles. The van der Waals surface area contributed by atoms with Crippen molar-refractivity contribution in [2.24, 2.45) is 0 Å². The molecule has 1 saturated carbocycles. The molecule has 142 valence electrons. The number of hydrogen-bond acceptors (Lipinski definition) is 4. The summed E-state index contributed by atoms with van der Waals surface area (Å²) >= 11 is 0. The van der Waals surface area contributed by atoms with E-state index in [4.69, 9.17) is 5.26 Å². The van der Waals surface area contributed by atoms with Crippen molar-refractivity contribution < 1.29 is 36.6 Å². The third-order valence-electron chi connectivity index (χ3n) is 3.79. The summed E-state index contributed by atoms with van der Waals surface area (Å²) in [6.07, 6.45) is -7.44. The van der Waals surface area contributed by atoms with Gasteiger partial charge in [-0.1, -0.05) is 12.1 Å². The van der Waals surface area contributed by atoms with Crippen LogP contribution in [0.15, 0.2) is 24.3 Å². The molecule has 2 rings (SSSR count). The number of carbonyl (C=O) groups excluding carboxylic acids is 1. The van der Waals surface area contributed by atoms with Gasteiger partial charge in [0.1, 0.15) is 5.75 Å². The Morgan fingerprint density at radius 2 is 2.04 bits per heavy atom. The highest BCUT2D eigenvalue weighted by molar-refractivity contribution is 5.77. The Hall–Kier alpha value is -2.41. The van der Waals surface area contributed by atoms with Gasteiger partial charge >= 0.3 is 6.36 Å². The van der Waals surface area contributed by atoms with Gasteiger partial charge in [0.15, 0.2) is 0 Å². The summed E-state index contributed by atoms with van der Waals surface area (Å²) in [6, 6.07) is 5.52. The van der Waals surface area contributed by atoms with Gasteiger partial charge in [0.25, 0.3) is 5.92 Å². The van der Waals surface area contributed by atoms with E-state index in [9.17, 15) is 31.9 Å². The van der Waals surface area contributed by atoms with Crippen molar-refractivity contribution in [3.8, 4) is 11.8 Å². The second kappa shape index (κ2) is 7.07. The van der Waals surface area contributed by atoms with Crippen LogP contribution in [0.4, 0.5) is 22.0 Å². The number of hydrogen-bond donors (Lipinski definition) is 2. The van der Waals surface area contributed by atoms with E-state index in [1.807, 2.05) is 0 Å². The maximum Gasteiger partial charge on any atom is 0.573 e. The van der Waals surface area contributed by atoms with Gasteiger partial charge < -0.3 is 15.2 Å². The Kier molecular flexibility index (Phi) is 5.41. The first-order valence-corrected chi connectivity index (χ1v) is 7.54. The second-order valence-electron chi connectivity index (χ2n) is 6.21. The molecule has 1 atom stereocenters. The third kappa shape index (κ3) is 5.56. The smallest absolute Gasteiger partial charge is 0.406 e. The van der Waals surface area contributed by atoms with Crippen molar-refractivity contribution in [1.82, 2.24) is 5.32 Å². The molecule has 0 spiro atoms. The van der Waals surface area contributed by atoms with Gasteiger partial charge in [0, 0.05) is 12.8 Å². The molecule has 0 radical (unpaired) electrons. The lowest BCUT2D eigenvalue weighted by atomic mass is 9.74. The molecule has 0 unspecified atom stereocenters. The molecule has 1 fully saturated rings. The van der Waals surface area contributed by atoms with E-state index in [2.05, 4.69) is 10.1 Å². The third-order valence-corrected chi connectivity index (χ3v) is 3.79. The van der Waals surface area contributed by atoms with E-state index in [1.54, 1.807) is 6.07 Å². The van der Waals surface area contributed by atoms with E-state index in [1.165, 1.54) is 12.1 Å². The van der Waals surface area contributed by atoms with E-state index in [-0.39, 0.29) is 12.0 Å². The average Bonchev–Trinajstić information content (AvgIpc) is 2.42. The summed E-state index contributed by atoms with van der Waals surface area (Å²) in [6.45, 7) is 0. The normalized spacial score (nSPS) is 19.0. The first-order chi connectivity index (χ1) is 11.9. The molecule has 26 heavy (non-hydrogen) atoms. The van der Waals surface area contributed by atoms with Gasteiger partial charge in [-0.3, -0.25) is 4.79 Å².